The first kappa shape index (κ1) is 19.2. The van der Waals surface area contributed by atoms with Gasteiger partial charge in [-0.1, -0.05) is 39.7 Å². The lowest BCUT2D eigenvalue weighted by atomic mass is 9.95. The summed E-state index contributed by atoms with van der Waals surface area (Å²) in [5.41, 5.74) is 6.95. The minimum atomic E-state index is -0.250. The Labute approximate surface area is 185 Å². The molecule has 5 heteroatoms. The van der Waals surface area contributed by atoms with Crippen molar-refractivity contribution in [3.8, 4) is 11.5 Å². The Kier molecular flexibility index (Phi) is 4.78. The summed E-state index contributed by atoms with van der Waals surface area (Å²) in [5.74, 6) is 1.77. The molecule has 0 saturated heterocycles. The number of fused-ring (bicyclic) bond motifs is 3. The van der Waals surface area contributed by atoms with E-state index in [0.29, 0.717) is 0 Å². The van der Waals surface area contributed by atoms with Crippen molar-refractivity contribution in [1.82, 2.24) is 5.01 Å². The highest BCUT2D eigenvalue weighted by Crippen LogP contribution is 2.48. The van der Waals surface area contributed by atoms with E-state index in [1.165, 1.54) is 11.1 Å². The Balaban J connectivity index is 1.59. The summed E-state index contributed by atoms with van der Waals surface area (Å²) in [7, 11) is 1.68. The van der Waals surface area contributed by atoms with Crippen molar-refractivity contribution in [1.29, 1.82) is 0 Å². The molecule has 0 radical (unpaired) electrons. The van der Waals surface area contributed by atoms with Gasteiger partial charge >= 0.3 is 0 Å². The van der Waals surface area contributed by atoms with Crippen LogP contribution in [0.25, 0.3) is 0 Å². The second-order valence-electron chi connectivity index (χ2n) is 7.89. The molecule has 5 rings (SSSR count). The van der Waals surface area contributed by atoms with Gasteiger partial charge in [-0.25, -0.2) is 5.01 Å². The van der Waals surface area contributed by atoms with Gasteiger partial charge in [-0.15, -0.1) is 0 Å². The topological polar surface area (TPSA) is 34.1 Å². The van der Waals surface area contributed by atoms with E-state index in [2.05, 4.69) is 77.3 Å². The van der Waals surface area contributed by atoms with Crippen molar-refractivity contribution in [2.24, 2.45) is 5.10 Å². The number of hydrogen-bond donors (Lipinski definition) is 0. The molecule has 3 aromatic carbocycles. The van der Waals surface area contributed by atoms with Crippen LogP contribution in [-0.4, -0.2) is 17.8 Å². The minimum Gasteiger partial charge on any atom is -0.497 e. The number of ether oxygens (including phenoxy) is 2. The van der Waals surface area contributed by atoms with E-state index < -0.39 is 0 Å². The average molecular weight is 463 g/mol. The molecule has 152 valence electrons. The number of hydrazone groups is 1. The molecule has 0 aliphatic carbocycles. The molecule has 3 aromatic rings. The van der Waals surface area contributed by atoms with Gasteiger partial charge in [0.1, 0.15) is 11.5 Å². The van der Waals surface area contributed by atoms with Crippen LogP contribution in [0.4, 0.5) is 0 Å². The van der Waals surface area contributed by atoms with Gasteiger partial charge in [0.2, 0.25) is 6.23 Å². The third kappa shape index (κ3) is 3.27. The third-order valence-corrected chi connectivity index (χ3v) is 6.36. The largest absolute Gasteiger partial charge is 0.497 e. The number of nitrogens with zero attached hydrogens (tertiary/aromatic N) is 2. The summed E-state index contributed by atoms with van der Waals surface area (Å²) >= 11 is 3.62. The molecule has 2 heterocycles. The fourth-order valence-electron chi connectivity index (χ4n) is 4.32. The average Bonchev–Trinajstić information content (AvgIpc) is 3.19. The second kappa shape index (κ2) is 7.47. The van der Waals surface area contributed by atoms with E-state index in [1.54, 1.807) is 7.11 Å². The maximum atomic E-state index is 6.51. The van der Waals surface area contributed by atoms with Gasteiger partial charge in [-0.2, -0.15) is 5.10 Å². The first-order valence-corrected chi connectivity index (χ1v) is 10.9. The van der Waals surface area contributed by atoms with Gasteiger partial charge in [-0.3, -0.25) is 0 Å². The highest BCUT2D eigenvalue weighted by atomic mass is 79.9. The summed E-state index contributed by atoms with van der Waals surface area (Å²) in [6, 6.07) is 21.0. The summed E-state index contributed by atoms with van der Waals surface area (Å²) < 4.78 is 12.9. The smallest absolute Gasteiger partial charge is 0.214 e. The molecule has 0 unspecified atom stereocenters. The highest BCUT2D eigenvalue weighted by molar-refractivity contribution is 9.10. The van der Waals surface area contributed by atoms with E-state index >= 15 is 0 Å². The van der Waals surface area contributed by atoms with Crippen LogP contribution in [0.5, 0.6) is 11.5 Å². The Morgan fingerprint density at radius 2 is 1.80 bits per heavy atom. The molecule has 0 amide bonds. The molecule has 0 fully saturated rings. The van der Waals surface area contributed by atoms with Crippen LogP contribution in [-0.2, 0) is 0 Å². The number of hydrogen-bond acceptors (Lipinski definition) is 4. The lowest BCUT2D eigenvalue weighted by Gasteiger charge is -2.38. The first-order chi connectivity index (χ1) is 14.5. The zero-order valence-corrected chi connectivity index (χ0v) is 18.8. The zero-order chi connectivity index (χ0) is 20.8. The Hall–Kier alpha value is -2.79. The molecule has 0 saturated carbocycles. The van der Waals surface area contributed by atoms with E-state index in [1.807, 2.05) is 18.2 Å². The standard InChI is InChI=1S/C25H23BrN2O2/c1-15-4-10-20(16(2)12-15)25-28-23(21-13-18(26)7-11-24(21)30-25)14-22(27-28)17-5-8-19(29-3)9-6-17/h4-13,23,25H,14H2,1-3H3/t23-,25+/m0/s1. The molecule has 0 N–H and O–H groups in total. The number of aryl methyl sites for hydroxylation is 2. The normalized spacial score (nSPS) is 19.6. The first-order valence-electron chi connectivity index (χ1n) is 10.1. The van der Waals surface area contributed by atoms with E-state index in [4.69, 9.17) is 14.6 Å². The van der Waals surface area contributed by atoms with Gasteiger partial charge in [-0.05, 0) is 67.4 Å². The lowest BCUT2D eigenvalue weighted by molar-refractivity contribution is -0.0194. The maximum absolute atomic E-state index is 6.51. The SMILES string of the molecule is COc1ccc(C2=NN3[C@@H](c4ccc(C)cc4C)Oc4ccc(Br)cc4[C@@H]3C2)cc1. The van der Waals surface area contributed by atoms with Gasteiger partial charge < -0.3 is 9.47 Å². The fraction of sp³-hybridized carbons (Fsp3) is 0.240. The maximum Gasteiger partial charge on any atom is 0.214 e. The summed E-state index contributed by atoms with van der Waals surface area (Å²) in [6.07, 6.45) is 0.584. The summed E-state index contributed by atoms with van der Waals surface area (Å²) in [6.45, 7) is 4.26. The van der Waals surface area contributed by atoms with E-state index in [0.717, 1.165) is 44.8 Å². The molecule has 0 spiro atoms. The molecular formula is C25H23BrN2O2. The summed E-state index contributed by atoms with van der Waals surface area (Å²) in [4.78, 5) is 0. The highest BCUT2D eigenvalue weighted by Gasteiger charge is 2.41. The third-order valence-electron chi connectivity index (χ3n) is 5.87. The Morgan fingerprint density at radius 3 is 2.53 bits per heavy atom. The number of benzene rings is 3. The molecule has 0 bridgehead atoms. The van der Waals surface area contributed by atoms with E-state index in [9.17, 15) is 0 Å². The number of halogens is 1. The van der Waals surface area contributed by atoms with Gasteiger partial charge in [0, 0.05) is 22.0 Å². The molecule has 2 aliphatic rings. The van der Waals surface area contributed by atoms with Crippen molar-refractivity contribution < 1.29 is 9.47 Å². The van der Waals surface area contributed by atoms with Crippen LogP contribution < -0.4 is 9.47 Å². The van der Waals surface area contributed by atoms with Crippen LogP contribution in [0.1, 0.15) is 46.5 Å². The van der Waals surface area contributed by atoms with Crippen LogP contribution in [0.15, 0.2) is 70.2 Å². The quantitative estimate of drug-likeness (QED) is 0.456. The van der Waals surface area contributed by atoms with Gasteiger partial charge in [0.15, 0.2) is 0 Å². The summed E-state index contributed by atoms with van der Waals surface area (Å²) in [5, 5.41) is 7.19. The van der Waals surface area contributed by atoms with Crippen molar-refractivity contribution in [2.75, 3.05) is 7.11 Å². The van der Waals surface area contributed by atoms with Crippen molar-refractivity contribution >= 4 is 21.6 Å². The Bertz CT molecular complexity index is 1140. The predicted molar refractivity (Wildman–Crippen MR) is 122 cm³/mol. The molecule has 4 nitrogen and oxygen atoms in total. The molecule has 2 atom stereocenters. The molecular weight excluding hydrogens is 440 g/mol. The fourth-order valence-corrected chi connectivity index (χ4v) is 4.70. The predicted octanol–water partition coefficient (Wildman–Crippen LogP) is 6.32. The van der Waals surface area contributed by atoms with Crippen LogP contribution in [0, 0.1) is 13.8 Å². The number of rotatable bonds is 3. The second-order valence-corrected chi connectivity index (χ2v) is 8.80. The Morgan fingerprint density at radius 1 is 1.00 bits per heavy atom. The molecule has 30 heavy (non-hydrogen) atoms. The van der Waals surface area contributed by atoms with Crippen molar-refractivity contribution in [3.05, 3.63) is 93.0 Å². The lowest BCUT2D eigenvalue weighted by Crippen LogP contribution is -2.34. The van der Waals surface area contributed by atoms with Gasteiger partial charge in [0.05, 0.1) is 18.9 Å². The van der Waals surface area contributed by atoms with Crippen LogP contribution in [0.3, 0.4) is 0 Å². The zero-order valence-electron chi connectivity index (χ0n) is 17.2. The van der Waals surface area contributed by atoms with Crippen LogP contribution >= 0.6 is 15.9 Å². The molecule has 2 aliphatic heterocycles. The molecule has 0 aromatic heterocycles. The van der Waals surface area contributed by atoms with E-state index in [-0.39, 0.29) is 12.3 Å². The van der Waals surface area contributed by atoms with Crippen molar-refractivity contribution in [3.63, 3.8) is 0 Å². The van der Waals surface area contributed by atoms with Gasteiger partial charge in [0.25, 0.3) is 0 Å². The van der Waals surface area contributed by atoms with Crippen LogP contribution in [0.2, 0.25) is 0 Å². The monoisotopic (exact) mass is 462 g/mol. The van der Waals surface area contributed by atoms with Crippen molar-refractivity contribution in [2.45, 2.75) is 32.5 Å². The minimum absolute atomic E-state index is 0.133. The number of methoxy groups -OCH3 is 1.